The zero-order chi connectivity index (χ0) is 25.2. The summed E-state index contributed by atoms with van der Waals surface area (Å²) in [6, 6.07) is 20.2. The van der Waals surface area contributed by atoms with Gasteiger partial charge in [0.25, 0.3) is 0 Å². The number of anilines is 1. The molecular weight excluding hydrogens is 444 g/mol. The fraction of sp³-hybridized carbons (Fsp3) is 0.286. The summed E-state index contributed by atoms with van der Waals surface area (Å²) in [7, 11) is 0. The van der Waals surface area contributed by atoms with Crippen LogP contribution in [-0.2, 0) is 16.0 Å². The number of aliphatic carboxylic acids is 1. The van der Waals surface area contributed by atoms with E-state index in [0.29, 0.717) is 17.0 Å². The molecule has 0 aliphatic heterocycles. The summed E-state index contributed by atoms with van der Waals surface area (Å²) in [5.74, 6) is -0.644. The molecule has 0 bridgehead atoms. The minimum Gasteiger partial charge on any atom is -0.488 e. The first-order chi connectivity index (χ1) is 16.6. The van der Waals surface area contributed by atoms with Gasteiger partial charge in [-0.2, -0.15) is 0 Å². The topological polar surface area (TPSA) is 111 Å². The Hall–Kier alpha value is -3.84. The summed E-state index contributed by atoms with van der Waals surface area (Å²) in [5.41, 5.74) is 10.8. The molecule has 1 aliphatic rings. The van der Waals surface area contributed by atoms with Gasteiger partial charge in [-0.15, -0.1) is 0 Å². The summed E-state index contributed by atoms with van der Waals surface area (Å²) in [6.07, 6.45) is -0.589. The number of carboxylic acid groups (broad SMARTS) is 1. The van der Waals surface area contributed by atoms with E-state index in [1.54, 1.807) is 18.2 Å². The number of ether oxygens (including phenoxy) is 2. The van der Waals surface area contributed by atoms with Crippen molar-refractivity contribution in [1.29, 1.82) is 0 Å². The number of rotatable bonds is 7. The van der Waals surface area contributed by atoms with E-state index < -0.39 is 23.7 Å². The van der Waals surface area contributed by atoms with E-state index in [9.17, 15) is 14.7 Å². The number of hydrogen-bond donors (Lipinski definition) is 3. The Morgan fingerprint density at radius 2 is 1.60 bits per heavy atom. The Balaban J connectivity index is 1.52. The second kappa shape index (κ2) is 9.80. The maximum absolute atomic E-state index is 12.8. The van der Waals surface area contributed by atoms with Crippen molar-refractivity contribution in [2.24, 2.45) is 5.73 Å². The molecule has 1 amide bonds. The maximum atomic E-state index is 12.8. The van der Waals surface area contributed by atoms with Gasteiger partial charge in [-0.25, -0.2) is 4.79 Å². The molecular formula is C28H30N2O5. The van der Waals surface area contributed by atoms with E-state index in [2.05, 4.69) is 29.6 Å². The van der Waals surface area contributed by atoms with E-state index in [1.807, 2.05) is 45.0 Å². The lowest BCUT2D eigenvalue weighted by Gasteiger charge is -2.23. The van der Waals surface area contributed by atoms with Gasteiger partial charge >= 0.3 is 12.1 Å². The van der Waals surface area contributed by atoms with E-state index in [-0.39, 0.29) is 18.9 Å². The van der Waals surface area contributed by atoms with Gasteiger partial charge in [-0.3, -0.25) is 10.1 Å². The van der Waals surface area contributed by atoms with Crippen molar-refractivity contribution in [3.8, 4) is 16.9 Å². The zero-order valence-electron chi connectivity index (χ0n) is 20.1. The molecule has 4 rings (SSSR count). The van der Waals surface area contributed by atoms with Crippen molar-refractivity contribution in [1.82, 2.24) is 0 Å². The van der Waals surface area contributed by atoms with Crippen LogP contribution in [0.25, 0.3) is 11.1 Å². The largest absolute Gasteiger partial charge is 0.488 e. The number of hydrogen-bond acceptors (Lipinski definition) is 5. The average Bonchev–Trinajstić information content (AvgIpc) is 3.12. The highest BCUT2D eigenvalue weighted by Gasteiger charge is 2.29. The number of nitrogens with one attached hydrogen (secondary N) is 1. The van der Waals surface area contributed by atoms with E-state index in [4.69, 9.17) is 15.2 Å². The molecule has 1 aliphatic carbocycles. The molecule has 0 heterocycles. The molecule has 0 aromatic heterocycles. The number of carbonyl (C=O) groups is 2. The highest BCUT2D eigenvalue weighted by atomic mass is 16.5. The molecule has 0 radical (unpaired) electrons. The highest BCUT2D eigenvalue weighted by molar-refractivity contribution is 5.87. The fourth-order valence-corrected chi connectivity index (χ4v) is 4.34. The third-order valence-electron chi connectivity index (χ3n) is 5.84. The van der Waals surface area contributed by atoms with E-state index >= 15 is 0 Å². The van der Waals surface area contributed by atoms with Crippen molar-refractivity contribution >= 4 is 17.7 Å². The first-order valence-corrected chi connectivity index (χ1v) is 11.5. The summed E-state index contributed by atoms with van der Waals surface area (Å²) in [6.45, 7) is 5.92. The van der Waals surface area contributed by atoms with Gasteiger partial charge in [-0.05, 0) is 54.7 Å². The van der Waals surface area contributed by atoms with Gasteiger partial charge in [0.2, 0.25) is 0 Å². The maximum Gasteiger partial charge on any atom is 0.411 e. The standard InChI is InChI=1S/C28H30N2O5/c1-28(2,3)35-18-13-12-17(14-24(29)26(31)32)25(15-18)30-27(33)34-16-23-21-10-6-4-8-19(21)20-9-5-7-11-22(20)23/h4-13,15,23-24H,14,16,29H2,1-3H3,(H,30,33)(H,31,32)/t24-/m0/s1. The van der Waals surface area contributed by atoms with Crippen LogP contribution in [0.15, 0.2) is 66.7 Å². The smallest absolute Gasteiger partial charge is 0.411 e. The first-order valence-electron chi connectivity index (χ1n) is 11.5. The molecule has 3 aromatic rings. The van der Waals surface area contributed by atoms with Crippen LogP contribution >= 0.6 is 0 Å². The van der Waals surface area contributed by atoms with Crippen molar-refractivity contribution in [2.75, 3.05) is 11.9 Å². The molecule has 1 atom stereocenters. The second-order valence-electron chi connectivity index (χ2n) is 9.63. The van der Waals surface area contributed by atoms with Gasteiger partial charge in [0.1, 0.15) is 24.0 Å². The Kier molecular flexibility index (Phi) is 6.80. The molecule has 3 aromatic carbocycles. The van der Waals surface area contributed by atoms with Crippen LogP contribution in [0, 0.1) is 0 Å². The van der Waals surface area contributed by atoms with Gasteiger partial charge < -0.3 is 20.3 Å². The summed E-state index contributed by atoms with van der Waals surface area (Å²) >= 11 is 0. The Labute approximate surface area is 204 Å². The van der Waals surface area contributed by atoms with E-state index in [0.717, 1.165) is 22.3 Å². The molecule has 0 saturated carbocycles. The fourth-order valence-electron chi connectivity index (χ4n) is 4.34. The molecule has 7 nitrogen and oxygen atoms in total. The van der Waals surface area contributed by atoms with Gasteiger partial charge in [-0.1, -0.05) is 54.6 Å². The molecule has 35 heavy (non-hydrogen) atoms. The molecule has 7 heteroatoms. The van der Waals surface area contributed by atoms with Crippen molar-refractivity contribution in [3.63, 3.8) is 0 Å². The third kappa shape index (κ3) is 5.63. The normalized spacial score (nSPS) is 13.5. The van der Waals surface area contributed by atoms with Crippen LogP contribution < -0.4 is 15.8 Å². The molecule has 0 unspecified atom stereocenters. The second-order valence-corrected chi connectivity index (χ2v) is 9.63. The lowest BCUT2D eigenvalue weighted by molar-refractivity contribution is -0.138. The van der Waals surface area contributed by atoms with Crippen LogP contribution in [0.2, 0.25) is 0 Å². The first kappa shape index (κ1) is 24.3. The molecule has 0 saturated heterocycles. The Morgan fingerprint density at radius 3 is 2.17 bits per heavy atom. The SMILES string of the molecule is CC(C)(C)Oc1ccc(C[C@H](N)C(=O)O)c(NC(=O)OCC2c3ccccc3-c3ccccc32)c1. The summed E-state index contributed by atoms with van der Waals surface area (Å²) in [4.78, 5) is 24.1. The van der Waals surface area contributed by atoms with Crippen LogP contribution in [0.3, 0.4) is 0 Å². The van der Waals surface area contributed by atoms with Crippen LogP contribution in [0.4, 0.5) is 10.5 Å². The van der Waals surface area contributed by atoms with E-state index in [1.165, 1.54) is 0 Å². The Bertz CT molecular complexity index is 1200. The van der Waals surface area contributed by atoms with Crippen molar-refractivity contribution < 1.29 is 24.2 Å². The number of carbonyl (C=O) groups excluding carboxylic acids is 1. The lowest BCUT2D eigenvalue weighted by atomic mass is 9.98. The van der Waals surface area contributed by atoms with Crippen LogP contribution in [0.5, 0.6) is 5.75 Å². The molecule has 4 N–H and O–H groups in total. The summed E-state index contributed by atoms with van der Waals surface area (Å²) in [5, 5.41) is 12.0. The highest BCUT2D eigenvalue weighted by Crippen LogP contribution is 2.44. The number of benzene rings is 3. The number of amides is 1. The summed E-state index contributed by atoms with van der Waals surface area (Å²) < 4.78 is 11.6. The monoisotopic (exact) mass is 474 g/mol. The Morgan fingerprint density at radius 1 is 1.00 bits per heavy atom. The number of fused-ring (bicyclic) bond motifs is 3. The number of nitrogens with two attached hydrogens (primary N) is 1. The molecule has 0 fully saturated rings. The van der Waals surface area contributed by atoms with Crippen LogP contribution in [0.1, 0.15) is 43.4 Å². The van der Waals surface area contributed by atoms with Crippen molar-refractivity contribution in [2.45, 2.75) is 44.8 Å². The minimum atomic E-state index is -1.12. The van der Waals surface area contributed by atoms with Crippen LogP contribution in [-0.4, -0.2) is 35.4 Å². The molecule has 0 spiro atoms. The molecule has 182 valence electrons. The lowest BCUT2D eigenvalue weighted by Crippen LogP contribution is -2.32. The van der Waals surface area contributed by atoms with Gasteiger partial charge in [0.15, 0.2) is 0 Å². The van der Waals surface area contributed by atoms with Gasteiger partial charge in [0.05, 0.1) is 5.69 Å². The quantitative estimate of drug-likeness (QED) is 0.435. The predicted octanol–water partition coefficient (Wildman–Crippen LogP) is 5.18. The van der Waals surface area contributed by atoms with Gasteiger partial charge in [0, 0.05) is 18.4 Å². The average molecular weight is 475 g/mol. The minimum absolute atomic E-state index is 0.0458. The predicted molar refractivity (Wildman–Crippen MR) is 135 cm³/mol. The van der Waals surface area contributed by atoms with Crippen molar-refractivity contribution in [3.05, 3.63) is 83.4 Å². The number of carboxylic acids is 1. The third-order valence-corrected chi connectivity index (χ3v) is 5.84. The zero-order valence-corrected chi connectivity index (χ0v) is 20.1.